The summed E-state index contributed by atoms with van der Waals surface area (Å²) in [6, 6.07) is 10.6. The number of hydrogen-bond acceptors (Lipinski definition) is 6. The molecule has 9 heteroatoms. The number of sulfonamides is 1. The van der Waals surface area contributed by atoms with E-state index in [9.17, 15) is 8.42 Å². The van der Waals surface area contributed by atoms with Crippen molar-refractivity contribution < 1.29 is 12.9 Å². The summed E-state index contributed by atoms with van der Waals surface area (Å²) in [6.07, 6.45) is 1.59. The van der Waals surface area contributed by atoms with Crippen LogP contribution in [-0.2, 0) is 10.0 Å². The van der Waals surface area contributed by atoms with Gasteiger partial charge in [-0.15, -0.1) is 11.3 Å². The summed E-state index contributed by atoms with van der Waals surface area (Å²) in [5.74, 6) is 0.974. The second-order valence-electron chi connectivity index (χ2n) is 6.09. The molecule has 3 aromatic rings. The molecule has 0 aliphatic carbocycles. The number of halogens is 1. The van der Waals surface area contributed by atoms with Crippen molar-refractivity contribution in [3.8, 4) is 10.7 Å². The molecule has 0 radical (unpaired) electrons. The molecule has 1 atom stereocenters. The van der Waals surface area contributed by atoms with Gasteiger partial charge in [-0.05, 0) is 48.6 Å². The van der Waals surface area contributed by atoms with Gasteiger partial charge in [-0.25, -0.2) is 8.42 Å². The van der Waals surface area contributed by atoms with E-state index in [1.54, 1.807) is 35.6 Å². The van der Waals surface area contributed by atoms with Crippen LogP contribution in [0.25, 0.3) is 10.7 Å². The van der Waals surface area contributed by atoms with Gasteiger partial charge < -0.3 is 4.52 Å². The van der Waals surface area contributed by atoms with Gasteiger partial charge in [0.2, 0.25) is 21.7 Å². The zero-order valence-electron chi connectivity index (χ0n) is 13.7. The molecule has 6 nitrogen and oxygen atoms in total. The lowest BCUT2D eigenvalue weighted by atomic mass is 10.00. The maximum atomic E-state index is 12.9. The highest BCUT2D eigenvalue weighted by Crippen LogP contribution is 2.31. The molecule has 0 bridgehead atoms. The van der Waals surface area contributed by atoms with Gasteiger partial charge in [0.05, 0.1) is 15.7 Å². The van der Waals surface area contributed by atoms with E-state index in [-0.39, 0.29) is 5.92 Å². The first kappa shape index (κ1) is 17.8. The van der Waals surface area contributed by atoms with Gasteiger partial charge in [-0.1, -0.05) is 27.2 Å². The molecule has 3 heterocycles. The summed E-state index contributed by atoms with van der Waals surface area (Å²) < 4.78 is 33.6. The Morgan fingerprint density at radius 1 is 1.23 bits per heavy atom. The van der Waals surface area contributed by atoms with Crippen LogP contribution in [0.4, 0.5) is 0 Å². The first-order chi connectivity index (χ1) is 12.5. The number of rotatable bonds is 4. The molecule has 0 amide bonds. The summed E-state index contributed by atoms with van der Waals surface area (Å²) >= 11 is 4.88. The van der Waals surface area contributed by atoms with Crippen molar-refractivity contribution in [3.63, 3.8) is 0 Å². The lowest BCUT2D eigenvalue weighted by Gasteiger charge is -2.30. The third kappa shape index (κ3) is 3.48. The molecule has 0 unspecified atom stereocenters. The van der Waals surface area contributed by atoms with Crippen molar-refractivity contribution in [2.24, 2.45) is 0 Å². The van der Waals surface area contributed by atoms with Crippen LogP contribution in [0.1, 0.15) is 24.7 Å². The smallest absolute Gasteiger partial charge is 0.243 e. The van der Waals surface area contributed by atoms with E-state index in [2.05, 4.69) is 26.1 Å². The number of thiophene rings is 1. The third-order valence-corrected chi connectivity index (χ3v) is 7.64. The Hall–Kier alpha value is -1.55. The fourth-order valence-corrected chi connectivity index (χ4v) is 5.46. The number of piperidine rings is 1. The van der Waals surface area contributed by atoms with E-state index in [0.717, 1.165) is 22.2 Å². The predicted molar refractivity (Wildman–Crippen MR) is 102 cm³/mol. The SMILES string of the molecule is O=S(=O)(c1ccc(Br)cc1)N1CCC[C@@H](c2nc(-c3cccs3)no2)C1. The highest BCUT2D eigenvalue weighted by Gasteiger charge is 2.33. The average Bonchev–Trinajstić information content (AvgIpc) is 3.34. The maximum Gasteiger partial charge on any atom is 0.243 e. The number of hydrogen-bond donors (Lipinski definition) is 0. The number of benzene rings is 1. The Balaban J connectivity index is 1.55. The zero-order chi connectivity index (χ0) is 18.1. The normalized spacial score (nSPS) is 18.9. The average molecular weight is 454 g/mol. The van der Waals surface area contributed by atoms with Crippen LogP contribution >= 0.6 is 27.3 Å². The van der Waals surface area contributed by atoms with E-state index < -0.39 is 10.0 Å². The largest absolute Gasteiger partial charge is 0.339 e. The topological polar surface area (TPSA) is 76.3 Å². The molecule has 0 N–H and O–H groups in total. The second-order valence-corrected chi connectivity index (χ2v) is 9.89. The molecule has 0 spiro atoms. The van der Waals surface area contributed by atoms with Crippen LogP contribution in [0, 0.1) is 0 Å². The van der Waals surface area contributed by atoms with E-state index in [1.807, 2.05) is 17.5 Å². The monoisotopic (exact) mass is 453 g/mol. The lowest BCUT2D eigenvalue weighted by molar-refractivity contribution is 0.265. The zero-order valence-corrected chi connectivity index (χ0v) is 16.9. The minimum absolute atomic E-state index is 0.0878. The highest BCUT2D eigenvalue weighted by atomic mass is 79.9. The van der Waals surface area contributed by atoms with Gasteiger partial charge in [0.1, 0.15) is 0 Å². The summed E-state index contributed by atoms with van der Waals surface area (Å²) in [4.78, 5) is 5.72. The molecule has 1 saturated heterocycles. The molecule has 1 fully saturated rings. The van der Waals surface area contributed by atoms with E-state index in [4.69, 9.17) is 4.52 Å². The van der Waals surface area contributed by atoms with E-state index >= 15 is 0 Å². The van der Waals surface area contributed by atoms with Crippen LogP contribution in [0.15, 0.2) is 55.7 Å². The molecule has 4 rings (SSSR count). The molecule has 136 valence electrons. The Labute approximate surface area is 164 Å². The molecule has 1 aliphatic heterocycles. The van der Waals surface area contributed by atoms with Crippen molar-refractivity contribution in [3.05, 3.63) is 52.1 Å². The molecular weight excluding hydrogens is 438 g/mol. The first-order valence-corrected chi connectivity index (χ1v) is 11.3. The number of nitrogens with zero attached hydrogens (tertiary/aromatic N) is 3. The van der Waals surface area contributed by atoms with Gasteiger partial charge in [-0.2, -0.15) is 9.29 Å². The Morgan fingerprint density at radius 3 is 2.77 bits per heavy atom. The summed E-state index contributed by atoms with van der Waals surface area (Å²) in [5, 5.41) is 6.00. The van der Waals surface area contributed by atoms with Crippen molar-refractivity contribution in [1.82, 2.24) is 14.4 Å². The second kappa shape index (κ2) is 7.22. The maximum absolute atomic E-state index is 12.9. The highest BCUT2D eigenvalue weighted by molar-refractivity contribution is 9.10. The van der Waals surface area contributed by atoms with Crippen LogP contribution in [0.2, 0.25) is 0 Å². The lowest BCUT2D eigenvalue weighted by Crippen LogP contribution is -2.39. The van der Waals surface area contributed by atoms with Crippen molar-refractivity contribution in [1.29, 1.82) is 0 Å². The Morgan fingerprint density at radius 2 is 2.04 bits per heavy atom. The van der Waals surface area contributed by atoms with Crippen LogP contribution in [0.3, 0.4) is 0 Å². The minimum atomic E-state index is -3.53. The van der Waals surface area contributed by atoms with E-state index in [0.29, 0.717) is 29.7 Å². The van der Waals surface area contributed by atoms with Gasteiger partial charge in [0.15, 0.2) is 0 Å². The van der Waals surface area contributed by atoms with Crippen molar-refractivity contribution in [2.75, 3.05) is 13.1 Å². The minimum Gasteiger partial charge on any atom is -0.339 e. The standard InChI is InChI=1S/C17H16BrN3O3S2/c18-13-5-7-14(8-6-13)26(22,23)21-9-1-3-12(11-21)17-19-16(20-24-17)15-4-2-10-25-15/h2,4-8,10,12H,1,3,9,11H2/t12-/m1/s1. The summed E-state index contributed by atoms with van der Waals surface area (Å²) in [7, 11) is -3.53. The third-order valence-electron chi connectivity index (χ3n) is 4.37. The predicted octanol–water partition coefficient (Wildman–Crippen LogP) is 4.13. The molecule has 0 saturated carbocycles. The molecular formula is C17H16BrN3O3S2. The number of aromatic nitrogens is 2. The Bertz CT molecular complexity index is 985. The molecule has 1 aromatic carbocycles. The van der Waals surface area contributed by atoms with Gasteiger partial charge >= 0.3 is 0 Å². The molecule has 26 heavy (non-hydrogen) atoms. The fourth-order valence-electron chi connectivity index (χ4n) is 3.02. The summed E-state index contributed by atoms with van der Waals surface area (Å²) in [6.45, 7) is 0.852. The quantitative estimate of drug-likeness (QED) is 0.593. The Kier molecular flexibility index (Phi) is 4.96. The molecule has 1 aliphatic rings. The van der Waals surface area contributed by atoms with E-state index in [1.165, 1.54) is 4.31 Å². The fraction of sp³-hybridized carbons (Fsp3) is 0.294. The summed E-state index contributed by atoms with van der Waals surface area (Å²) in [5.41, 5.74) is 0. The van der Waals surface area contributed by atoms with Gasteiger partial charge in [0.25, 0.3) is 0 Å². The van der Waals surface area contributed by atoms with Crippen LogP contribution in [0.5, 0.6) is 0 Å². The van der Waals surface area contributed by atoms with Crippen LogP contribution in [-0.4, -0.2) is 36.0 Å². The van der Waals surface area contributed by atoms with Crippen molar-refractivity contribution >= 4 is 37.3 Å². The van der Waals surface area contributed by atoms with Crippen LogP contribution < -0.4 is 0 Å². The first-order valence-electron chi connectivity index (χ1n) is 8.17. The molecule has 2 aromatic heterocycles. The van der Waals surface area contributed by atoms with Crippen molar-refractivity contribution in [2.45, 2.75) is 23.7 Å². The van der Waals surface area contributed by atoms with Gasteiger partial charge in [0, 0.05) is 17.6 Å². The van der Waals surface area contributed by atoms with Gasteiger partial charge in [-0.3, -0.25) is 0 Å².